The van der Waals surface area contributed by atoms with E-state index < -0.39 is 0 Å². The number of rotatable bonds is 9. The maximum absolute atomic E-state index is 5.78. The van der Waals surface area contributed by atoms with Crippen molar-refractivity contribution in [3.05, 3.63) is 0 Å². The van der Waals surface area contributed by atoms with Crippen molar-refractivity contribution in [1.82, 2.24) is 5.32 Å². The molecule has 0 aromatic rings. The highest BCUT2D eigenvalue weighted by molar-refractivity contribution is 4.82. The van der Waals surface area contributed by atoms with Gasteiger partial charge < -0.3 is 10.1 Å². The molecule has 0 aromatic carbocycles. The highest BCUT2D eigenvalue weighted by Crippen LogP contribution is 2.38. The molecule has 1 aliphatic heterocycles. The third-order valence-electron chi connectivity index (χ3n) is 5.73. The quantitative estimate of drug-likeness (QED) is 0.661. The predicted octanol–water partition coefficient (Wildman–Crippen LogP) is 4.78. The standard InChI is InChI=1S/C19H37NO/c1-3-7-16-11-12-18(15-20-4-2)17(14-16)8-5-9-19-10-6-13-21-19/h16-20H,3-15H2,1-2H3. The second-order valence-corrected chi connectivity index (χ2v) is 7.36. The van der Waals surface area contributed by atoms with Crippen LogP contribution in [-0.4, -0.2) is 25.8 Å². The van der Waals surface area contributed by atoms with E-state index in [0.717, 1.165) is 30.9 Å². The van der Waals surface area contributed by atoms with Gasteiger partial charge in [-0.05, 0) is 62.9 Å². The molecule has 2 heteroatoms. The van der Waals surface area contributed by atoms with Gasteiger partial charge in [0, 0.05) is 6.61 Å². The normalized spacial score (nSPS) is 33.4. The van der Waals surface area contributed by atoms with Crippen LogP contribution < -0.4 is 5.32 Å². The fourth-order valence-electron chi connectivity index (χ4n) is 4.53. The van der Waals surface area contributed by atoms with Crippen LogP contribution in [0.25, 0.3) is 0 Å². The van der Waals surface area contributed by atoms with Gasteiger partial charge in [0.25, 0.3) is 0 Å². The van der Waals surface area contributed by atoms with Gasteiger partial charge in [-0.25, -0.2) is 0 Å². The van der Waals surface area contributed by atoms with E-state index in [-0.39, 0.29) is 0 Å². The second-order valence-electron chi connectivity index (χ2n) is 7.36. The van der Waals surface area contributed by atoms with Crippen molar-refractivity contribution in [2.45, 2.75) is 84.2 Å². The van der Waals surface area contributed by atoms with Crippen LogP contribution in [0, 0.1) is 17.8 Å². The number of hydrogen-bond donors (Lipinski definition) is 1. The molecule has 1 saturated carbocycles. The van der Waals surface area contributed by atoms with Gasteiger partial charge in [0.15, 0.2) is 0 Å². The molecular formula is C19H37NO. The molecule has 4 unspecified atom stereocenters. The summed E-state index contributed by atoms with van der Waals surface area (Å²) in [4.78, 5) is 0. The van der Waals surface area contributed by atoms with E-state index in [1.54, 1.807) is 0 Å². The largest absolute Gasteiger partial charge is 0.378 e. The van der Waals surface area contributed by atoms with Crippen molar-refractivity contribution in [1.29, 1.82) is 0 Å². The number of hydrogen-bond acceptors (Lipinski definition) is 2. The Morgan fingerprint density at radius 2 is 1.90 bits per heavy atom. The molecule has 0 spiro atoms. The third kappa shape index (κ3) is 5.90. The predicted molar refractivity (Wildman–Crippen MR) is 90.6 cm³/mol. The summed E-state index contributed by atoms with van der Waals surface area (Å²) >= 11 is 0. The lowest BCUT2D eigenvalue weighted by molar-refractivity contribution is 0.0952. The minimum Gasteiger partial charge on any atom is -0.378 e. The summed E-state index contributed by atoms with van der Waals surface area (Å²) in [6, 6.07) is 0. The Balaban J connectivity index is 1.74. The zero-order valence-electron chi connectivity index (χ0n) is 14.4. The van der Waals surface area contributed by atoms with Crippen LogP contribution in [0.3, 0.4) is 0 Å². The first-order valence-corrected chi connectivity index (χ1v) is 9.65. The summed E-state index contributed by atoms with van der Waals surface area (Å²) in [6.45, 7) is 7.96. The third-order valence-corrected chi connectivity index (χ3v) is 5.73. The van der Waals surface area contributed by atoms with Gasteiger partial charge in [0.1, 0.15) is 0 Å². The van der Waals surface area contributed by atoms with Crippen LogP contribution in [0.15, 0.2) is 0 Å². The highest BCUT2D eigenvalue weighted by atomic mass is 16.5. The molecule has 21 heavy (non-hydrogen) atoms. The summed E-state index contributed by atoms with van der Waals surface area (Å²) in [5, 5.41) is 3.60. The SMILES string of the molecule is CCCC1CCC(CNCC)C(CCCC2CCCO2)C1. The van der Waals surface area contributed by atoms with Crippen molar-refractivity contribution in [3.63, 3.8) is 0 Å². The molecule has 1 heterocycles. The van der Waals surface area contributed by atoms with Gasteiger partial charge in [0.2, 0.25) is 0 Å². The first-order chi connectivity index (χ1) is 10.3. The molecule has 0 amide bonds. The molecule has 0 bridgehead atoms. The van der Waals surface area contributed by atoms with Gasteiger partial charge in [-0.15, -0.1) is 0 Å². The molecule has 1 aliphatic carbocycles. The van der Waals surface area contributed by atoms with Crippen LogP contribution in [0.5, 0.6) is 0 Å². The average Bonchev–Trinajstić information content (AvgIpc) is 3.00. The van der Waals surface area contributed by atoms with Crippen LogP contribution >= 0.6 is 0 Å². The minimum absolute atomic E-state index is 0.590. The van der Waals surface area contributed by atoms with Gasteiger partial charge in [0.05, 0.1) is 6.10 Å². The zero-order chi connectivity index (χ0) is 14.9. The van der Waals surface area contributed by atoms with Gasteiger partial charge in [-0.3, -0.25) is 0 Å². The molecular weight excluding hydrogens is 258 g/mol. The zero-order valence-corrected chi connectivity index (χ0v) is 14.4. The molecule has 1 saturated heterocycles. The fourth-order valence-corrected chi connectivity index (χ4v) is 4.53. The maximum Gasteiger partial charge on any atom is 0.0576 e. The lowest BCUT2D eigenvalue weighted by atomic mass is 9.71. The first-order valence-electron chi connectivity index (χ1n) is 9.65. The van der Waals surface area contributed by atoms with E-state index in [2.05, 4.69) is 19.2 Å². The van der Waals surface area contributed by atoms with E-state index in [1.165, 1.54) is 70.8 Å². The van der Waals surface area contributed by atoms with Crippen LogP contribution in [0.2, 0.25) is 0 Å². The van der Waals surface area contributed by atoms with Crippen LogP contribution in [0.1, 0.15) is 78.1 Å². The van der Waals surface area contributed by atoms with Crippen molar-refractivity contribution < 1.29 is 4.74 Å². The average molecular weight is 296 g/mol. The van der Waals surface area contributed by atoms with Gasteiger partial charge in [-0.2, -0.15) is 0 Å². The maximum atomic E-state index is 5.78. The molecule has 0 aromatic heterocycles. The molecule has 0 radical (unpaired) electrons. The van der Waals surface area contributed by atoms with E-state index in [0.29, 0.717) is 6.10 Å². The Morgan fingerprint density at radius 3 is 2.62 bits per heavy atom. The van der Waals surface area contributed by atoms with Gasteiger partial charge >= 0.3 is 0 Å². The highest BCUT2D eigenvalue weighted by Gasteiger charge is 2.29. The van der Waals surface area contributed by atoms with E-state index in [9.17, 15) is 0 Å². The summed E-state index contributed by atoms with van der Waals surface area (Å²) in [7, 11) is 0. The monoisotopic (exact) mass is 295 g/mol. The Hall–Kier alpha value is -0.0800. The van der Waals surface area contributed by atoms with Crippen molar-refractivity contribution in [3.8, 4) is 0 Å². The summed E-state index contributed by atoms with van der Waals surface area (Å²) in [5.41, 5.74) is 0. The number of nitrogens with one attached hydrogen (secondary N) is 1. The smallest absolute Gasteiger partial charge is 0.0576 e. The first kappa shape index (κ1) is 17.3. The Bertz CT molecular complexity index is 262. The van der Waals surface area contributed by atoms with Crippen molar-refractivity contribution in [2.75, 3.05) is 19.7 Å². The Kier molecular flexibility index (Phi) is 8.10. The molecule has 2 aliphatic rings. The molecule has 124 valence electrons. The summed E-state index contributed by atoms with van der Waals surface area (Å²) in [6.07, 6.45) is 14.6. The summed E-state index contributed by atoms with van der Waals surface area (Å²) < 4.78 is 5.78. The van der Waals surface area contributed by atoms with E-state index in [1.807, 2.05) is 0 Å². The van der Waals surface area contributed by atoms with E-state index in [4.69, 9.17) is 4.74 Å². The fraction of sp³-hybridized carbons (Fsp3) is 1.00. The van der Waals surface area contributed by atoms with Crippen LogP contribution in [-0.2, 0) is 4.74 Å². The second kappa shape index (κ2) is 9.84. The minimum atomic E-state index is 0.590. The summed E-state index contributed by atoms with van der Waals surface area (Å²) in [5.74, 6) is 2.92. The molecule has 4 atom stereocenters. The van der Waals surface area contributed by atoms with Crippen molar-refractivity contribution in [2.24, 2.45) is 17.8 Å². The Labute approximate surface area is 132 Å². The molecule has 2 nitrogen and oxygen atoms in total. The molecule has 2 fully saturated rings. The van der Waals surface area contributed by atoms with Crippen LogP contribution in [0.4, 0.5) is 0 Å². The molecule has 1 N–H and O–H groups in total. The van der Waals surface area contributed by atoms with Crippen molar-refractivity contribution >= 4 is 0 Å². The Morgan fingerprint density at radius 1 is 1.00 bits per heavy atom. The van der Waals surface area contributed by atoms with E-state index >= 15 is 0 Å². The van der Waals surface area contributed by atoms with Gasteiger partial charge in [-0.1, -0.05) is 46.0 Å². The lowest BCUT2D eigenvalue weighted by Gasteiger charge is -2.37. The number of ether oxygens (including phenoxy) is 1. The molecule has 2 rings (SSSR count). The lowest BCUT2D eigenvalue weighted by Crippen LogP contribution is -2.33. The topological polar surface area (TPSA) is 21.3 Å².